The minimum absolute atomic E-state index is 0.108. The molecule has 0 radical (unpaired) electrons. The van der Waals surface area contributed by atoms with Gasteiger partial charge in [0, 0.05) is 19.3 Å². The Bertz CT molecular complexity index is 1750. The molecule has 0 aliphatic rings. The molecule has 0 bridgehead atoms. The summed E-state index contributed by atoms with van der Waals surface area (Å²) in [5.74, 6) is -1.60. The molecule has 0 fully saturated rings. The number of carbonyl (C=O) groups excluding carboxylic acids is 3. The van der Waals surface area contributed by atoms with Crippen molar-refractivity contribution in [2.75, 3.05) is 26.4 Å². The quantitative estimate of drug-likeness (QED) is 0.0197. The van der Waals surface area contributed by atoms with Gasteiger partial charge in [0.25, 0.3) is 0 Å². The first kappa shape index (κ1) is 69.6. The summed E-state index contributed by atoms with van der Waals surface area (Å²) >= 11 is 0. The number of ether oxygens (including phenoxy) is 3. The molecule has 3 atom stereocenters. The normalized spacial score (nSPS) is 14.4. The second-order valence-corrected chi connectivity index (χ2v) is 19.4. The summed E-state index contributed by atoms with van der Waals surface area (Å²) in [5, 5.41) is 9.79. The second kappa shape index (κ2) is 54.9. The van der Waals surface area contributed by atoms with E-state index in [9.17, 15) is 28.9 Å². The SMILES string of the molecule is CC/C=C\C/C=C\C/C=C\C/C=C\C/C=C\CCCCCC(=O)OC(COC(=O)CCC/C=C\C/C=C\C/C=C\C/C=C\C/C=C\CC)COP(=O)(O)OCC(CO)OC(=O)CCCCCCC/C=C\CCCC. The van der Waals surface area contributed by atoms with Crippen LogP contribution in [0.2, 0.25) is 0 Å². The fourth-order valence-corrected chi connectivity index (χ4v) is 7.59. The summed E-state index contributed by atoms with van der Waals surface area (Å²) in [4.78, 5) is 48.4. The van der Waals surface area contributed by atoms with Crippen molar-refractivity contribution in [3.8, 4) is 0 Å². The van der Waals surface area contributed by atoms with Crippen LogP contribution in [0.1, 0.15) is 201 Å². The Kier molecular flexibility index (Phi) is 51.6. The summed E-state index contributed by atoms with van der Waals surface area (Å²) in [6.07, 6.45) is 68.5. The Morgan fingerprint density at radius 2 is 0.716 bits per heavy atom. The molecule has 418 valence electrons. The minimum atomic E-state index is -4.78. The van der Waals surface area contributed by atoms with Gasteiger partial charge in [-0.15, -0.1) is 0 Å². The molecule has 0 spiro atoms. The van der Waals surface area contributed by atoms with Crippen LogP contribution >= 0.6 is 7.82 Å². The predicted molar refractivity (Wildman–Crippen MR) is 306 cm³/mol. The van der Waals surface area contributed by atoms with Gasteiger partial charge < -0.3 is 24.2 Å². The molecular weight excluding hydrogens is 952 g/mol. The molecule has 0 saturated heterocycles. The third-order valence-corrected chi connectivity index (χ3v) is 12.0. The predicted octanol–water partition coefficient (Wildman–Crippen LogP) is 16.6. The lowest BCUT2D eigenvalue weighted by atomic mass is 10.1. The van der Waals surface area contributed by atoms with Gasteiger partial charge in [-0.2, -0.15) is 0 Å². The van der Waals surface area contributed by atoms with Crippen molar-refractivity contribution in [1.82, 2.24) is 0 Å². The molecule has 0 aliphatic carbocycles. The van der Waals surface area contributed by atoms with E-state index in [1.54, 1.807) is 0 Å². The summed E-state index contributed by atoms with van der Waals surface area (Å²) in [5.41, 5.74) is 0. The van der Waals surface area contributed by atoms with Gasteiger partial charge in [-0.05, 0) is 122 Å². The molecule has 74 heavy (non-hydrogen) atoms. The largest absolute Gasteiger partial charge is 0.472 e. The molecule has 11 nitrogen and oxygen atoms in total. The molecule has 0 amide bonds. The van der Waals surface area contributed by atoms with Gasteiger partial charge >= 0.3 is 25.7 Å². The van der Waals surface area contributed by atoms with Crippen LogP contribution in [0, 0.1) is 0 Å². The Morgan fingerprint density at radius 1 is 0.392 bits per heavy atom. The summed E-state index contributed by atoms with van der Waals surface area (Å²) in [7, 11) is -4.78. The zero-order chi connectivity index (χ0) is 54.1. The molecule has 2 N–H and O–H groups in total. The summed E-state index contributed by atoms with van der Waals surface area (Å²) in [6.45, 7) is 4.23. The van der Waals surface area contributed by atoms with Crippen LogP contribution in [-0.4, -0.2) is 66.5 Å². The fourth-order valence-electron chi connectivity index (χ4n) is 6.81. The van der Waals surface area contributed by atoms with Crippen molar-refractivity contribution in [2.24, 2.45) is 0 Å². The number of rotatable bonds is 50. The highest BCUT2D eigenvalue weighted by atomic mass is 31.2. The third-order valence-electron chi connectivity index (χ3n) is 11.0. The fraction of sp³-hybridized carbons (Fsp3) is 0.597. The third kappa shape index (κ3) is 52.5. The monoisotopic (exact) mass is 1050 g/mol. The number of hydrogen-bond acceptors (Lipinski definition) is 10. The first-order valence-corrected chi connectivity index (χ1v) is 29.6. The topological polar surface area (TPSA) is 155 Å². The molecule has 0 aromatic carbocycles. The standard InChI is InChI=1S/C62H99O11P/c1-4-7-10-13-16-19-22-24-26-28-29-31-33-35-38-41-44-47-50-53-62(66)73-59(55-69-60(64)51-48-45-42-39-37-34-32-30-27-25-23-20-17-14-11-8-5-2)57-71-74(67,68)70-56-58(54-63)72-61(65)52-49-46-43-40-36-21-18-15-12-9-6-3/h7-8,10-11,15-20,24-27,29,31-32,34-35,38-39,42,58-59,63H,4-6,9,12-14,21-23,28,30,33,36-37,40-41,43-57H2,1-3H3,(H,67,68)/b10-7-,11-8-,18-15-,19-16-,20-17-,26-24-,27-25-,31-29-,34-32-,38-35-,42-39-. The van der Waals surface area contributed by atoms with Crippen molar-refractivity contribution >= 4 is 25.7 Å². The zero-order valence-electron chi connectivity index (χ0n) is 46.0. The minimum Gasteiger partial charge on any atom is -0.462 e. The number of aliphatic hydroxyl groups is 1. The lowest BCUT2D eigenvalue weighted by Crippen LogP contribution is -2.30. The number of carbonyl (C=O) groups is 3. The van der Waals surface area contributed by atoms with Gasteiger partial charge in [0.05, 0.1) is 19.8 Å². The van der Waals surface area contributed by atoms with Gasteiger partial charge in [0.15, 0.2) is 6.10 Å². The number of phosphoric ester groups is 1. The van der Waals surface area contributed by atoms with Crippen molar-refractivity contribution in [3.63, 3.8) is 0 Å². The molecule has 0 aromatic rings. The number of unbranched alkanes of at least 4 members (excludes halogenated alkanes) is 11. The Balaban J connectivity index is 4.91. The number of esters is 3. The van der Waals surface area contributed by atoms with Gasteiger partial charge in [-0.25, -0.2) is 4.57 Å². The van der Waals surface area contributed by atoms with E-state index < -0.39 is 57.8 Å². The van der Waals surface area contributed by atoms with E-state index >= 15 is 0 Å². The average molecular weight is 1050 g/mol. The first-order chi connectivity index (χ1) is 36.2. The summed E-state index contributed by atoms with van der Waals surface area (Å²) in [6, 6.07) is 0. The van der Waals surface area contributed by atoms with E-state index in [2.05, 4.69) is 148 Å². The lowest BCUT2D eigenvalue weighted by molar-refractivity contribution is -0.161. The molecular formula is C62H99O11P. The molecule has 0 heterocycles. The highest BCUT2D eigenvalue weighted by Crippen LogP contribution is 2.43. The van der Waals surface area contributed by atoms with Gasteiger partial charge in [0.1, 0.15) is 12.7 Å². The highest BCUT2D eigenvalue weighted by Gasteiger charge is 2.28. The summed E-state index contributed by atoms with van der Waals surface area (Å²) < 4.78 is 39.4. The maximum Gasteiger partial charge on any atom is 0.472 e. The van der Waals surface area contributed by atoms with Crippen LogP contribution in [0.25, 0.3) is 0 Å². The maximum absolute atomic E-state index is 12.9. The Morgan fingerprint density at radius 3 is 1.15 bits per heavy atom. The molecule has 0 rings (SSSR count). The molecule has 0 aromatic heterocycles. The van der Waals surface area contributed by atoms with E-state index in [-0.39, 0.29) is 25.9 Å². The number of aliphatic hydroxyl groups excluding tert-OH is 1. The first-order valence-electron chi connectivity index (χ1n) is 28.1. The van der Waals surface area contributed by atoms with Gasteiger partial charge in [-0.1, -0.05) is 193 Å². The van der Waals surface area contributed by atoms with Gasteiger partial charge in [0.2, 0.25) is 0 Å². The van der Waals surface area contributed by atoms with E-state index in [1.807, 2.05) is 6.08 Å². The smallest absolute Gasteiger partial charge is 0.462 e. The number of allylic oxidation sites excluding steroid dienone is 22. The zero-order valence-corrected chi connectivity index (χ0v) is 46.9. The Labute approximate surface area is 449 Å². The maximum atomic E-state index is 12.9. The van der Waals surface area contributed by atoms with E-state index in [0.29, 0.717) is 25.7 Å². The van der Waals surface area contributed by atoms with Crippen LogP contribution in [0.15, 0.2) is 134 Å². The Hall–Kier alpha value is -4.38. The molecule has 0 saturated carbocycles. The molecule has 3 unspecified atom stereocenters. The van der Waals surface area contributed by atoms with Crippen molar-refractivity contribution < 1.29 is 52.2 Å². The van der Waals surface area contributed by atoms with Crippen LogP contribution in [0.4, 0.5) is 0 Å². The average Bonchev–Trinajstić information content (AvgIpc) is 3.39. The van der Waals surface area contributed by atoms with Crippen LogP contribution in [0.3, 0.4) is 0 Å². The van der Waals surface area contributed by atoms with Crippen LogP contribution in [-0.2, 0) is 42.2 Å². The van der Waals surface area contributed by atoms with Crippen LogP contribution < -0.4 is 0 Å². The van der Waals surface area contributed by atoms with Crippen molar-refractivity contribution in [3.05, 3.63) is 134 Å². The van der Waals surface area contributed by atoms with E-state index in [0.717, 1.165) is 122 Å². The van der Waals surface area contributed by atoms with Crippen LogP contribution in [0.5, 0.6) is 0 Å². The van der Waals surface area contributed by atoms with E-state index in [1.165, 1.54) is 12.8 Å². The second-order valence-electron chi connectivity index (χ2n) is 18.0. The molecule has 0 aliphatic heterocycles. The molecule has 12 heteroatoms. The lowest BCUT2D eigenvalue weighted by Gasteiger charge is -2.21. The van der Waals surface area contributed by atoms with E-state index in [4.69, 9.17) is 23.3 Å². The highest BCUT2D eigenvalue weighted by molar-refractivity contribution is 7.47. The number of phosphoric acid groups is 1. The van der Waals surface area contributed by atoms with Crippen molar-refractivity contribution in [1.29, 1.82) is 0 Å². The van der Waals surface area contributed by atoms with Gasteiger partial charge in [-0.3, -0.25) is 23.4 Å². The number of hydrogen-bond donors (Lipinski definition) is 2. The van der Waals surface area contributed by atoms with Crippen molar-refractivity contribution in [2.45, 2.75) is 213 Å².